The number of likely N-dealkylation sites (tertiary alicyclic amines) is 1. The average molecular weight is 307 g/mol. The van der Waals surface area contributed by atoms with Gasteiger partial charge in [0.2, 0.25) is 5.91 Å². The summed E-state index contributed by atoms with van der Waals surface area (Å²) in [7, 11) is 1.58. The lowest BCUT2D eigenvalue weighted by atomic mass is 10.1. The van der Waals surface area contributed by atoms with Gasteiger partial charge in [0.1, 0.15) is 11.9 Å². The van der Waals surface area contributed by atoms with Crippen LogP contribution >= 0.6 is 0 Å². The highest BCUT2D eigenvalue weighted by Crippen LogP contribution is 2.17. The van der Waals surface area contributed by atoms with E-state index in [1.54, 1.807) is 18.0 Å². The van der Waals surface area contributed by atoms with Crippen molar-refractivity contribution in [1.29, 1.82) is 0 Å². The molecule has 3 amide bonds. The van der Waals surface area contributed by atoms with Crippen LogP contribution in [0.2, 0.25) is 0 Å². The molecule has 6 heteroatoms. The summed E-state index contributed by atoms with van der Waals surface area (Å²) < 4.78 is 13.0. The van der Waals surface area contributed by atoms with Crippen LogP contribution in [0.5, 0.6) is 0 Å². The van der Waals surface area contributed by atoms with Crippen molar-refractivity contribution >= 4 is 11.9 Å². The molecule has 120 valence electrons. The fraction of sp³-hybridized carbons (Fsp3) is 0.500. The Balaban J connectivity index is 1.74. The predicted molar refractivity (Wildman–Crippen MR) is 81.9 cm³/mol. The van der Waals surface area contributed by atoms with Gasteiger partial charge in [0.15, 0.2) is 0 Å². The van der Waals surface area contributed by atoms with E-state index in [9.17, 15) is 14.0 Å². The number of rotatable bonds is 5. The molecule has 0 aliphatic carbocycles. The van der Waals surface area contributed by atoms with Crippen molar-refractivity contribution in [2.24, 2.45) is 0 Å². The maximum atomic E-state index is 13.0. The molecule has 2 rings (SSSR count). The molecule has 0 bridgehead atoms. The van der Waals surface area contributed by atoms with Gasteiger partial charge in [-0.05, 0) is 43.4 Å². The van der Waals surface area contributed by atoms with Gasteiger partial charge in [0, 0.05) is 20.1 Å². The van der Waals surface area contributed by atoms with Crippen molar-refractivity contribution in [1.82, 2.24) is 15.5 Å². The smallest absolute Gasteiger partial charge is 0.318 e. The first-order valence-electron chi connectivity index (χ1n) is 7.62. The second-order valence-electron chi connectivity index (χ2n) is 5.43. The normalized spacial score (nSPS) is 17.4. The van der Waals surface area contributed by atoms with E-state index < -0.39 is 0 Å². The van der Waals surface area contributed by atoms with E-state index in [0.717, 1.165) is 18.4 Å². The number of likely N-dealkylation sites (N-methyl/N-ethyl adjacent to an activating group) is 1. The van der Waals surface area contributed by atoms with Crippen molar-refractivity contribution in [3.8, 4) is 0 Å². The molecule has 2 N–H and O–H groups in total. The Morgan fingerprint density at radius 2 is 2.23 bits per heavy atom. The molecule has 1 fully saturated rings. The Morgan fingerprint density at radius 1 is 1.41 bits per heavy atom. The Kier molecular flexibility index (Phi) is 5.75. The molecule has 1 aliphatic rings. The minimum atomic E-state index is -0.367. The van der Waals surface area contributed by atoms with E-state index in [1.807, 2.05) is 6.07 Å². The third-order valence-electron chi connectivity index (χ3n) is 3.87. The van der Waals surface area contributed by atoms with Crippen LogP contribution < -0.4 is 10.6 Å². The number of nitrogens with zero attached hydrogens (tertiary/aromatic N) is 1. The first-order chi connectivity index (χ1) is 10.6. The Labute approximate surface area is 129 Å². The molecule has 1 atom stereocenters. The van der Waals surface area contributed by atoms with Gasteiger partial charge >= 0.3 is 6.03 Å². The van der Waals surface area contributed by atoms with Gasteiger partial charge in [-0.25, -0.2) is 9.18 Å². The van der Waals surface area contributed by atoms with E-state index in [4.69, 9.17) is 0 Å². The third kappa shape index (κ3) is 4.19. The molecule has 0 aromatic heterocycles. The maximum absolute atomic E-state index is 13.0. The molecule has 1 aliphatic heterocycles. The second-order valence-corrected chi connectivity index (χ2v) is 5.43. The van der Waals surface area contributed by atoms with Crippen LogP contribution in [-0.4, -0.2) is 43.0 Å². The van der Waals surface area contributed by atoms with Gasteiger partial charge in [0.25, 0.3) is 0 Å². The fourth-order valence-corrected chi connectivity index (χ4v) is 2.73. The van der Waals surface area contributed by atoms with Gasteiger partial charge in [0.05, 0.1) is 0 Å². The fourth-order valence-electron chi connectivity index (χ4n) is 2.73. The molecule has 1 aromatic rings. The Morgan fingerprint density at radius 3 is 2.95 bits per heavy atom. The number of hydrogen-bond acceptors (Lipinski definition) is 2. The van der Waals surface area contributed by atoms with E-state index in [-0.39, 0.29) is 23.8 Å². The summed E-state index contributed by atoms with van der Waals surface area (Å²) in [4.78, 5) is 25.4. The number of hydrogen-bond donors (Lipinski definition) is 2. The van der Waals surface area contributed by atoms with E-state index in [2.05, 4.69) is 10.6 Å². The molecular weight excluding hydrogens is 285 g/mol. The summed E-state index contributed by atoms with van der Waals surface area (Å²) in [5, 5.41) is 5.42. The minimum Gasteiger partial charge on any atom is -0.357 e. The van der Waals surface area contributed by atoms with Crippen molar-refractivity contribution in [2.75, 3.05) is 20.1 Å². The molecule has 1 saturated heterocycles. The lowest BCUT2D eigenvalue weighted by Crippen LogP contribution is -2.49. The third-order valence-corrected chi connectivity index (χ3v) is 3.87. The van der Waals surface area contributed by atoms with Crippen molar-refractivity contribution in [2.45, 2.75) is 31.7 Å². The topological polar surface area (TPSA) is 61.4 Å². The molecule has 5 nitrogen and oxygen atoms in total. The zero-order chi connectivity index (χ0) is 15.9. The van der Waals surface area contributed by atoms with E-state index >= 15 is 0 Å². The quantitative estimate of drug-likeness (QED) is 0.813. The number of aryl methyl sites for hydroxylation is 1. The summed E-state index contributed by atoms with van der Waals surface area (Å²) in [5.74, 6) is -0.362. The van der Waals surface area contributed by atoms with Crippen molar-refractivity contribution in [3.05, 3.63) is 35.6 Å². The Bertz CT molecular complexity index is 536. The van der Waals surface area contributed by atoms with Gasteiger partial charge in [-0.1, -0.05) is 12.1 Å². The Hall–Kier alpha value is -2.11. The highest BCUT2D eigenvalue weighted by atomic mass is 19.1. The highest BCUT2D eigenvalue weighted by molar-refractivity contribution is 5.87. The highest BCUT2D eigenvalue weighted by Gasteiger charge is 2.33. The van der Waals surface area contributed by atoms with Crippen LogP contribution in [0.15, 0.2) is 24.3 Å². The van der Waals surface area contributed by atoms with E-state index in [0.29, 0.717) is 25.9 Å². The molecular formula is C16H22FN3O2. The number of benzene rings is 1. The molecule has 1 heterocycles. The van der Waals surface area contributed by atoms with Crippen molar-refractivity contribution < 1.29 is 14.0 Å². The van der Waals surface area contributed by atoms with Crippen LogP contribution in [0.25, 0.3) is 0 Å². The van der Waals surface area contributed by atoms with Crippen LogP contribution in [0, 0.1) is 5.82 Å². The molecule has 1 aromatic carbocycles. The number of carbonyl (C=O) groups is 2. The number of nitrogens with one attached hydrogen (secondary N) is 2. The zero-order valence-corrected chi connectivity index (χ0v) is 12.8. The number of carbonyl (C=O) groups excluding carboxylic acids is 2. The first kappa shape index (κ1) is 16.3. The summed E-state index contributed by atoms with van der Waals surface area (Å²) >= 11 is 0. The van der Waals surface area contributed by atoms with Crippen LogP contribution in [0.3, 0.4) is 0 Å². The minimum absolute atomic E-state index is 0.118. The summed E-state index contributed by atoms with van der Waals surface area (Å²) in [6.45, 7) is 1.11. The summed E-state index contributed by atoms with van der Waals surface area (Å²) in [6.07, 6.45) is 2.98. The number of halogens is 1. The van der Waals surface area contributed by atoms with E-state index in [1.165, 1.54) is 12.1 Å². The molecule has 0 radical (unpaired) electrons. The standard InChI is InChI=1S/C16H22FN3O2/c1-18-15(21)14-8-4-10-20(14)16(22)19-9-3-6-12-5-2-7-13(17)11-12/h2,5,7,11,14H,3-4,6,8-10H2,1H3,(H,18,21)(H,19,22)/t14-/m0/s1. The summed E-state index contributed by atoms with van der Waals surface area (Å²) in [5.41, 5.74) is 0.915. The second kappa shape index (κ2) is 7.77. The van der Waals surface area contributed by atoms with Gasteiger partial charge in [-0.3, -0.25) is 4.79 Å². The molecule has 22 heavy (non-hydrogen) atoms. The number of amides is 3. The van der Waals surface area contributed by atoms with Gasteiger partial charge in [-0.15, -0.1) is 0 Å². The van der Waals surface area contributed by atoms with Crippen LogP contribution in [-0.2, 0) is 11.2 Å². The van der Waals surface area contributed by atoms with Gasteiger partial charge in [-0.2, -0.15) is 0 Å². The van der Waals surface area contributed by atoms with Crippen molar-refractivity contribution in [3.63, 3.8) is 0 Å². The zero-order valence-electron chi connectivity index (χ0n) is 12.8. The monoisotopic (exact) mass is 307 g/mol. The van der Waals surface area contributed by atoms with Crippen LogP contribution in [0.1, 0.15) is 24.8 Å². The molecule has 0 saturated carbocycles. The maximum Gasteiger partial charge on any atom is 0.318 e. The molecule has 0 spiro atoms. The first-order valence-corrected chi connectivity index (χ1v) is 7.62. The summed E-state index contributed by atoms with van der Waals surface area (Å²) in [6, 6.07) is 5.90. The predicted octanol–water partition coefficient (Wildman–Crippen LogP) is 1.68. The lowest BCUT2D eigenvalue weighted by molar-refractivity contribution is -0.124. The SMILES string of the molecule is CNC(=O)[C@@H]1CCCN1C(=O)NCCCc1cccc(F)c1. The molecule has 0 unspecified atom stereocenters. The van der Waals surface area contributed by atoms with Crippen LogP contribution in [0.4, 0.5) is 9.18 Å². The van der Waals surface area contributed by atoms with Gasteiger partial charge < -0.3 is 15.5 Å². The number of urea groups is 1. The average Bonchev–Trinajstić information content (AvgIpc) is 3.00. The lowest BCUT2D eigenvalue weighted by Gasteiger charge is -2.23. The largest absolute Gasteiger partial charge is 0.357 e.